The molecule has 0 N–H and O–H groups in total. The van der Waals surface area contributed by atoms with Crippen molar-refractivity contribution in [3.63, 3.8) is 0 Å². The fraction of sp³-hybridized carbons (Fsp3) is 0.111. The third-order valence-corrected chi connectivity index (χ3v) is 6.68. The van der Waals surface area contributed by atoms with Gasteiger partial charge in [-0.25, -0.2) is 0 Å². The van der Waals surface area contributed by atoms with Gasteiger partial charge in [-0.3, -0.25) is 0 Å². The second-order valence-electron chi connectivity index (χ2n) is 7.96. The van der Waals surface area contributed by atoms with E-state index in [1.54, 1.807) is 0 Å². The Kier molecular flexibility index (Phi) is 3.72. The lowest BCUT2D eigenvalue weighted by molar-refractivity contribution is 0.668. The molecular formula is C27H19BrO. The summed E-state index contributed by atoms with van der Waals surface area (Å²) in [5.74, 6) is 0.478. The minimum Gasteiger partial charge on any atom is -0.455 e. The van der Waals surface area contributed by atoms with Crippen molar-refractivity contribution < 1.29 is 4.42 Å². The molecule has 1 aromatic heterocycles. The topological polar surface area (TPSA) is 13.1 Å². The third-order valence-electron chi connectivity index (χ3n) is 6.18. The fourth-order valence-corrected chi connectivity index (χ4v) is 5.29. The molecule has 1 heterocycles. The van der Waals surface area contributed by atoms with Crippen molar-refractivity contribution in [2.24, 2.45) is 0 Å². The Morgan fingerprint density at radius 1 is 0.828 bits per heavy atom. The first-order chi connectivity index (χ1) is 14.2. The van der Waals surface area contributed by atoms with Gasteiger partial charge in [-0.05, 0) is 64.4 Å². The number of para-hydroxylation sites is 1. The molecule has 0 saturated heterocycles. The molecule has 0 spiro atoms. The summed E-state index contributed by atoms with van der Waals surface area (Å²) < 4.78 is 7.54. The molecule has 1 aliphatic carbocycles. The maximum absolute atomic E-state index is 6.45. The van der Waals surface area contributed by atoms with Crippen LogP contribution in [-0.4, -0.2) is 0 Å². The molecule has 140 valence electrons. The molecule has 0 unspecified atom stereocenters. The van der Waals surface area contributed by atoms with Crippen molar-refractivity contribution in [2.45, 2.75) is 19.3 Å². The molecule has 1 atom stereocenters. The zero-order valence-electron chi connectivity index (χ0n) is 16.1. The molecular weight excluding hydrogens is 420 g/mol. The zero-order chi connectivity index (χ0) is 19.5. The lowest BCUT2D eigenvalue weighted by atomic mass is 9.76. The maximum atomic E-state index is 6.45. The Hall–Kier alpha value is -2.84. The van der Waals surface area contributed by atoms with E-state index in [1.807, 2.05) is 6.07 Å². The highest BCUT2D eigenvalue weighted by Crippen LogP contribution is 2.48. The molecule has 0 saturated carbocycles. The Labute approximate surface area is 178 Å². The largest absolute Gasteiger partial charge is 0.455 e. The van der Waals surface area contributed by atoms with Gasteiger partial charge in [0, 0.05) is 20.8 Å². The van der Waals surface area contributed by atoms with Crippen LogP contribution in [0.15, 0.2) is 87.8 Å². The van der Waals surface area contributed by atoms with Crippen LogP contribution >= 0.6 is 15.9 Å². The molecule has 29 heavy (non-hydrogen) atoms. The Balaban J connectivity index is 1.81. The molecule has 0 amide bonds. The number of halogens is 1. The van der Waals surface area contributed by atoms with Crippen molar-refractivity contribution in [3.8, 4) is 22.3 Å². The van der Waals surface area contributed by atoms with Crippen molar-refractivity contribution in [1.82, 2.24) is 0 Å². The normalized spacial score (nSPS) is 15.4. The van der Waals surface area contributed by atoms with Gasteiger partial charge < -0.3 is 4.42 Å². The van der Waals surface area contributed by atoms with Crippen LogP contribution in [0.25, 0.3) is 44.2 Å². The lowest BCUT2D eigenvalue weighted by Crippen LogP contribution is -2.10. The maximum Gasteiger partial charge on any atom is 0.143 e. The van der Waals surface area contributed by atoms with Gasteiger partial charge in [-0.1, -0.05) is 77.5 Å². The van der Waals surface area contributed by atoms with Gasteiger partial charge in [-0.2, -0.15) is 0 Å². The van der Waals surface area contributed by atoms with Gasteiger partial charge in [-0.15, -0.1) is 0 Å². The summed E-state index contributed by atoms with van der Waals surface area (Å²) in [4.78, 5) is 0. The average Bonchev–Trinajstić information content (AvgIpc) is 3.11. The van der Waals surface area contributed by atoms with Crippen molar-refractivity contribution in [3.05, 3.63) is 94.5 Å². The predicted octanol–water partition coefficient (Wildman–Crippen LogP) is 8.34. The number of furan rings is 1. The third kappa shape index (κ3) is 2.52. The lowest BCUT2D eigenvalue weighted by Gasteiger charge is -2.27. The smallest absolute Gasteiger partial charge is 0.143 e. The van der Waals surface area contributed by atoms with Crippen molar-refractivity contribution in [2.75, 3.05) is 0 Å². The summed E-state index contributed by atoms with van der Waals surface area (Å²) in [6.45, 7) is 2.33. The number of benzene rings is 4. The summed E-state index contributed by atoms with van der Waals surface area (Å²) in [6, 6.07) is 28.1. The summed E-state index contributed by atoms with van der Waals surface area (Å²) in [6.07, 6.45) is 1.02. The van der Waals surface area contributed by atoms with Gasteiger partial charge in [0.2, 0.25) is 0 Å². The predicted molar refractivity (Wildman–Crippen MR) is 124 cm³/mol. The summed E-state index contributed by atoms with van der Waals surface area (Å²) in [7, 11) is 0. The Morgan fingerprint density at radius 2 is 1.66 bits per heavy atom. The standard InChI is InChI=1S/C27H19BrO/c1-16-13-23-22(20-10-3-2-9-19(16)20)15-24-21-11-4-5-12-25(21)29-27(24)26(23)17-7-6-8-18(28)14-17/h2-12,14-16H,13H2,1H3/t16-/m0/s1. The molecule has 2 heteroatoms. The van der Waals surface area contributed by atoms with E-state index in [-0.39, 0.29) is 0 Å². The first-order valence-electron chi connectivity index (χ1n) is 10.0. The van der Waals surface area contributed by atoms with Gasteiger partial charge in [0.1, 0.15) is 11.2 Å². The van der Waals surface area contributed by atoms with Crippen LogP contribution in [0, 0.1) is 0 Å². The van der Waals surface area contributed by atoms with Crippen LogP contribution < -0.4 is 0 Å². The van der Waals surface area contributed by atoms with Gasteiger partial charge in [0.05, 0.1) is 0 Å². The number of hydrogen-bond donors (Lipinski definition) is 0. The Morgan fingerprint density at radius 3 is 2.55 bits per heavy atom. The fourth-order valence-electron chi connectivity index (χ4n) is 4.89. The van der Waals surface area contributed by atoms with Crippen molar-refractivity contribution in [1.29, 1.82) is 0 Å². The number of rotatable bonds is 1. The van der Waals surface area contributed by atoms with E-state index in [4.69, 9.17) is 4.42 Å². The quantitative estimate of drug-likeness (QED) is 0.256. The van der Waals surface area contributed by atoms with E-state index >= 15 is 0 Å². The summed E-state index contributed by atoms with van der Waals surface area (Å²) >= 11 is 3.66. The monoisotopic (exact) mass is 438 g/mol. The second-order valence-corrected chi connectivity index (χ2v) is 8.87. The zero-order valence-corrected chi connectivity index (χ0v) is 17.7. The highest BCUT2D eigenvalue weighted by Gasteiger charge is 2.27. The minimum absolute atomic E-state index is 0.478. The van der Waals surface area contributed by atoms with Crippen LogP contribution in [0.1, 0.15) is 24.0 Å². The second kappa shape index (κ2) is 6.33. The van der Waals surface area contributed by atoms with Gasteiger partial charge in [0.25, 0.3) is 0 Å². The molecule has 0 aliphatic heterocycles. The van der Waals surface area contributed by atoms with Crippen LogP contribution in [0.4, 0.5) is 0 Å². The van der Waals surface area contributed by atoms with E-state index in [1.165, 1.54) is 44.2 Å². The van der Waals surface area contributed by atoms with E-state index < -0.39 is 0 Å². The molecule has 6 rings (SSSR count). The molecule has 1 nitrogen and oxygen atoms in total. The number of hydrogen-bond acceptors (Lipinski definition) is 1. The van der Waals surface area contributed by atoms with E-state index in [9.17, 15) is 0 Å². The van der Waals surface area contributed by atoms with Crippen LogP contribution in [-0.2, 0) is 6.42 Å². The molecule has 0 bridgehead atoms. The van der Waals surface area contributed by atoms with Gasteiger partial charge in [0.15, 0.2) is 0 Å². The Bertz CT molecular complexity index is 1410. The minimum atomic E-state index is 0.478. The number of fused-ring (bicyclic) bond motifs is 6. The van der Waals surface area contributed by atoms with Crippen LogP contribution in [0.3, 0.4) is 0 Å². The average molecular weight is 439 g/mol. The molecule has 4 aromatic carbocycles. The van der Waals surface area contributed by atoms with E-state index in [0.717, 1.165) is 22.1 Å². The SMILES string of the molecule is C[C@H]1Cc2c(cc3c(oc4ccccc43)c2-c2cccc(Br)c2)-c2ccccc21. The van der Waals surface area contributed by atoms with E-state index in [2.05, 4.69) is 95.7 Å². The van der Waals surface area contributed by atoms with Crippen LogP contribution in [0.2, 0.25) is 0 Å². The highest BCUT2D eigenvalue weighted by molar-refractivity contribution is 9.10. The molecule has 0 fully saturated rings. The van der Waals surface area contributed by atoms with Crippen molar-refractivity contribution >= 4 is 37.9 Å². The van der Waals surface area contributed by atoms with E-state index in [0.29, 0.717) is 5.92 Å². The molecule has 5 aromatic rings. The van der Waals surface area contributed by atoms with Gasteiger partial charge >= 0.3 is 0 Å². The first kappa shape index (κ1) is 17.1. The molecule has 1 aliphatic rings. The molecule has 0 radical (unpaired) electrons. The van der Waals surface area contributed by atoms with Crippen LogP contribution in [0.5, 0.6) is 0 Å². The first-order valence-corrected chi connectivity index (χ1v) is 10.8. The summed E-state index contributed by atoms with van der Waals surface area (Å²) in [5, 5.41) is 2.37. The summed E-state index contributed by atoms with van der Waals surface area (Å²) in [5.41, 5.74) is 9.89. The highest BCUT2D eigenvalue weighted by atomic mass is 79.9.